The molecular formula is C17H25NO4. The van der Waals surface area contributed by atoms with Gasteiger partial charge in [-0.3, -0.25) is 4.79 Å². The fourth-order valence-corrected chi connectivity index (χ4v) is 2.13. The molecule has 0 radical (unpaired) electrons. The maximum Gasteiger partial charge on any atom is 0.246 e. The molecule has 122 valence electrons. The Morgan fingerprint density at radius 3 is 2.09 bits per heavy atom. The summed E-state index contributed by atoms with van der Waals surface area (Å²) in [5.41, 5.74) is 0.806. The molecular weight excluding hydrogens is 282 g/mol. The second-order valence-electron chi connectivity index (χ2n) is 5.40. The van der Waals surface area contributed by atoms with Gasteiger partial charge in [-0.05, 0) is 29.7 Å². The number of carbonyl (C=O) groups is 1. The number of hydrogen-bond donors (Lipinski definition) is 0. The summed E-state index contributed by atoms with van der Waals surface area (Å²) in [5, 5.41) is 0. The molecule has 0 heterocycles. The minimum absolute atomic E-state index is 0.0394. The van der Waals surface area contributed by atoms with E-state index in [4.69, 9.17) is 14.2 Å². The Morgan fingerprint density at radius 2 is 1.68 bits per heavy atom. The number of rotatable bonds is 7. The van der Waals surface area contributed by atoms with Crippen molar-refractivity contribution in [3.8, 4) is 17.2 Å². The summed E-state index contributed by atoms with van der Waals surface area (Å²) in [6.45, 7) is 4.87. The monoisotopic (exact) mass is 307 g/mol. The summed E-state index contributed by atoms with van der Waals surface area (Å²) >= 11 is 0. The van der Waals surface area contributed by atoms with Crippen molar-refractivity contribution in [3.05, 3.63) is 23.8 Å². The number of nitrogens with zero attached hydrogens (tertiary/aromatic N) is 1. The van der Waals surface area contributed by atoms with Crippen molar-refractivity contribution in [1.29, 1.82) is 0 Å². The Kier molecular flexibility index (Phi) is 6.76. The Labute approximate surface area is 132 Å². The van der Waals surface area contributed by atoms with E-state index < -0.39 is 0 Å². The second kappa shape index (κ2) is 8.32. The summed E-state index contributed by atoms with van der Waals surface area (Å²) in [5.74, 6) is 2.05. The van der Waals surface area contributed by atoms with Crippen LogP contribution in [-0.2, 0) is 4.79 Å². The van der Waals surface area contributed by atoms with Crippen LogP contribution in [-0.4, -0.2) is 45.7 Å². The van der Waals surface area contributed by atoms with E-state index in [1.54, 1.807) is 57.6 Å². The van der Waals surface area contributed by atoms with Gasteiger partial charge in [0.05, 0.1) is 21.3 Å². The van der Waals surface area contributed by atoms with Gasteiger partial charge in [-0.1, -0.05) is 13.8 Å². The van der Waals surface area contributed by atoms with Crippen molar-refractivity contribution in [2.24, 2.45) is 5.92 Å². The van der Waals surface area contributed by atoms with E-state index in [1.165, 1.54) is 0 Å². The molecule has 0 unspecified atom stereocenters. The molecule has 1 aromatic rings. The molecule has 0 bridgehead atoms. The van der Waals surface area contributed by atoms with Crippen LogP contribution in [0.3, 0.4) is 0 Å². The Morgan fingerprint density at radius 1 is 1.14 bits per heavy atom. The van der Waals surface area contributed by atoms with Gasteiger partial charge in [0.1, 0.15) is 0 Å². The third kappa shape index (κ3) is 4.69. The molecule has 0 N–H and O–H groups in total. The van der Waals surface area contributed by atoms with Gasteiger partial charge in [0.25, 0.3) is 0 Å². The van der Waals surface area contributed by atoms with Gasteiger partial charge in [-0.2, -0.15) is 0 Å². The first-order valence-corrected chi connectivity index (χ1v) is 7.16. The number of amides is 1. The quantitative estimate of drug-likeness (QED) is 0.727. The van der Waals surface area contributed by atoms with Crippen LogP contribution < -0.4 is 14.2 Å². The second-order valence-corrected chi connectivity index (χ2v) is 5.40. The van der Waals surface area contributed by atoms with Crippen LogP contribution >= 0.6 is 0 Å². The molecule has 0 saturated heterocycles. The first-order chi connectivity index (χ1) is 10.4. The van der Waals surface area contributed by atoms with E-state index >= 15 is 0 Å². The molecule has 5 heteroatoms. The molecule has 0 saturated carbocycles. The van der Waals surface area contributed by atoms with Crippen LogP contribution in [0, 0.1) is 5.92 Å². The van der Waals surface area contributed by atoms with Crippen molar-refractivity contribution in [2.75, 3.05) is 34.9 Å². The highest BCUT2D eigenvalue weighted by atomic mass is 16.5. The van der Waals surface area contributed by atoms with Gasteiger partial charge >= 0.3 is 0 Å². The molecule has 0 atom stereocenters. The van der Waals surface area contributed by atoms with Crippen molar-refractivity contribution >= 4 is 12.0 Å². The molecule has 0 aliphatic rings. The summed E-state index contributed by atoms with van der Waals surface area (Å²) in [7, 11) is 6.47. The number of methoxy groups -OCH3 is 3. The van der Waals surface area contributed by atoms with E-state index in [0.29, 0.717) is 23.2 Å². The van der Waals surface area contributed by atoms with Crippen molar-refractivity contribution in [1.82, 2.24) is 4.90 Å². The van der Waals surface area contributed by atoms with Gasteiger partial charge < -0.3 is 19.1 Å². The lowest BCUT2D eigenvalue weighted by molar-refractivity contribution is -0.125. The van der Waals surface area contributed by atoms with Gasteiger partial charge in [0.2, 0.25) is 11.7 Å². The average Bonchev–Trinajstić information content (AvgIpc) is 2.50. The molecule has 0 spiro atoms. The number of benzene rings is 1. The van der Waals surface area contributed by atoms with Gasteiger partial charge in [-0.15, -0.1) is 0 Å². The Hall–Kier alpha value is -2.17. The highest BCUT2D eigenvalue weighted by Crippen LogP contribution is 2.38. The predicted octanol–water partition coefficient (Wildman–Crippen LogP) is 2.84. The molecule has 1 rings (SSSR count). The standard InChI is InChI=1S/C17H25NO4/c1-12(2)11-18(3)16(19)8-7-13-9-14(20-4)17(22-6)15(10-13)21-5/h7-10,12H,11H2,1-6H3/b8-7+. The lowest BCUT2D eigenvalue weighted by atomic mass is 10.1. The van der Waals surface area contributed by atoms with Crippen LogP contribution in [0.2, 0.25) is 0 Å². The first-order valence-electron chi connectivity index (χ1n) is 7.16. The van der Waals surface area contributed by atoms with Crippen LogP contribution in [0.15, 0.2) is 18.2 Å². The third-order valence-electron chi connectivity index (χ3n) is 3.12. The topological polar surface area (TPSA) is 48.0 Å². The maximum absolute atomic E-state index is 12.0. The number of likely N-dealkylation sites (N-methyl/N-ethyl adjacent to an activating group) is 1. The summed E-state index contributed by atoms with van der Waals surface area (Å²) in [6.07, 6.45) is 3.28. The number of hydrogen-bond acceptors (Lipinski definition) is 4. The van der Waals surface area contributed by atoms with E-state index in [2.05, 4.69) is 13.8 Å². The largest absolute Gasteiger partial charge is 0.493 e. The highest BCUT2D eigenvalue weighted by Gasteiger charge is 2.12. The van der Waals surface area contributed by atoms with Crippen molar-refractivity contribution in [3.63, 3.8) is 0 Å². The maximum atomic E-state index is 12.0. The van der Waals surface area contributed by atoms with E-state index in [-0.39, 0.29) is 5.91 Å². The van der Waals surface area contributed by atoms with Crippen LogP contribution in [0.1, 0.15) is 19.4 Å². The normalized spacial score (nSPS) is 10.9. The summed E-state index contributed by atoms with van der Waals surface area (Å²) < 4.78 is 15.9. The van der Waals surface area contributed by atoms with E-state index in [9.17, 15) is 4.79 Å². The van der Waals surface area contributed by atoms with Crippen molar-refractivity contribution < 1.29 is 19.0 Å². The smallest absolute Gasteiger partial charge is 0.246 e. The number of ether oxygens (including phenoxy) is 3. The van der Waals surface area contributed by atoms with Gasteiger partial charge in [0.15, 0.2) is 11.5 Å². The van der Waals surface area contributed by atoms with Crippen LogP contribution in [0.5, 0.6) is 17.2 Å². The number of carbonyl (C=O) groups excluding carboxylic acids is 1. The third-order valence-corrected chi connectivity index (χ3v) is 3.12. The van der Waals surface area contributed by atoms with E-state index in [1.807, 2.05) is 0 Å². The fourth-order valence-electron chi connectivity index (χ4n) is 2.13. The molecule has 0 aliphatic heterocycles. The predicted molar refractivity (Wildman–Crippen MR) is 87.6 cm³/mol. The first kappa shape index (κ1) is 17.9. The van der Waals surface area contributed by atoms with Crippen LogP contribution in [0.4, 0.5) is 0 Å². The zero-order valence-electron chi connectivity index (χ0n) is 14.2. The van der Waals surface area contributed by atoms with Crippen LogP contribution in [0.25, 0.3) is 6.08 Å². The zero-order chi connectivity index (χ0) is 16.7. The van der Waals surface area contributed by atoms with Crippen molar-refractivity contribution in [2.45, 2.75) is 13.8 Å². The minimum Gasteiger partial charge on any atom is -0.493 e. The summed E-state index contributed by atoms with van der Waals surface area (Å²) in [4.78, 5) is 13.7. The fraction of sp³-hybridized carbons (Fsp3) is 0.471. The molecule has 0 fully saturated rings. The SMILES string of the molecule is COc1cc(/C=C/C(=O)N(C)CC(C)C)cc(OC)c1OC. The summed E-state index contributed by atoms with van der Waals surface area (Å²) in [6, 6.07) is 3.60. The molecule has 1 amide bonds. The van der Waals surface area contributed by atoms with E-state index in [0.717, 1.165) is 12.1 Å². The molecule has 1 aromatic carbocycles. The van der Waals surface area contributed by atoms with Gasteiger partial charge in [0, 0.05) is 19.7 Å². The minimum atomic E-state index is -0.0394. The lowest BCUT2D eigenvalue weighted by Crippen LogP contribution is -2.28. The molecule has 22 heavy (non-hydrogen) atoms. The molecule has 5 nitrogen and oxygen atoms in total. The lowest BCUT2D eigenvalue weighted by Gasteiger charge is -2.17. The highest BCUT2D eigenvalue weighted by molar-refractivity contribution is 5.91. The Bertz CT molecular complexity index is 512. The zero-order valence-corrected chi connectivity index (χ0v) is 14.2. The Balaban J connectivity index is 2.98. The average molecular weight is 307 g/mol. The molecule has 0 aromatic heterocycles. The van der Waals surface area contributed by atoms with Gasteiger partial charge in [-0.25, -0.2) is 0 Å². The molecule has 0 aliphatic carbocycles.